The Hall–Kier alpha value is -3.12. The van der Waals surface area contributed by atoms with Crippen LogP contribution in [0.25, 0.3) is 0 Å². The summed E-state index contributed by atoms with van der Waals surface area (Å²) in [7, 11) is -5.99. The van der Waals surface area contributed by atoms with Gasteiger partial charge in [0, 0.05) is 37.8 Å². The maximum absolute atomic E-state index is 13.4. The molecule has 2 saturated heterocycles. The number of rotatable bonds is 14. The van der Waals surface area contributed by atoms with Gasteiger partial charge >= 0.3 is 21.8 Å². The van der Waals surface area contributed by atoms with Crippen LogP contribution >= 0.6 is 16.1 Å². The third-order valence-electron chi connectivity index (χ3n) is 9.16. The Morgan fingerprint density at radius 3 is 2.27 bits per heavy atom. The lowest BCUT2D eigenvalue weighted by molar-refractivity contribution is -0.0303. The molecule has 3 aliphatic heterocycles. The van der Waals surface area contributed by atoms with Crippen molar-refractivity contribution in [2.24, 2.45) is 0 Å². The van der Waals surface area contributed by atoms with Crippen LogP contribution in [0, 0.1) is 0 Å². The van der Waals surface area contributed by atoms with E-state index in [9.17, 15) is 14.2 Å². The molecule has 2 fully saturated rings. The summed E-state index contributed by atoms with van der Waals surface area (Å²) in [6, 6.07) is 23.7. The molecular weight excluding hydrogens is 684 g/mol. The molecule has 0 radical (unpaired) electrons. The summed E-state index contributed by atoms with van der Waals surface area (Å²) in [5.74, 6) is 1.79. The van der Waals surface area contributed by atoms with Crippen LogP contribution in [0.5, 0.6) is 0 Å². The maximum atomic E-state index is 13.4. The third-order valence-corrected chi connectivity index (χ3v) is 17.1. The van der Waals surface area contributed by atoms with Crippen LogP contribution in [0.15, 0.2) is 106 Å². The van der Waals surface area contributed by atoms with Gasteiger partial charge in [0.15, 0.2) is 17.6 Å². The Balaban J connectivity index is 1.34. The fourth-order valence-corrected chi connectivity index (χ4v) is 13.9. The fraction of sp³-hybridized carbons (Fsp3) is 0.412. The van der Waals surface area contributed by atoms with Crippen molar-refractivity contribution in [3.8, 4) is 0 Å². The standard InChI is InChI=1S/C34H43N3O9P2Si/c1-5-42-48(40,43-6-2)23-20-28-31(32(41-3)33(44-28)36-22-19-30(38)35-34(36)39)46-47-37-21-13-18-27(37)29(45-47)24-49(4,25-14-9-7-10-15-25)26-16-11-8-12-17-26/h7-12,14-17,19-20,22-23,27,29,32-33H,5-6,13,18,21,24H2,1-4H3,(H,35,38,39)/b23-20+/t27-,29+,32?,33+,47-/m0/s1. The molecule has 5 atom stereocenters. The zero-order valence-corrected chi connectivity index (χ0v) is 30.9. The summed E-state index contributed by atoms with van der Waals surface area (Å²) in [4.78, 5) is 27.0. The molecule has 12 nitrogen and oxygen atoms in total. The Morgan fingerprint density at radius 1 is 1.02 bits per heavy atom. The molecule has 2 aromatic carbocycles. The summed E-state index contributed by atoms with van der Waals surface area (Å²) in [5, 5.41) is 2.68. The van der Waals surface area contributed by atoms with Crippen LogP contribution in [0.2, 0.25) is 12.6 Å². The van der Waals surface area contributed by atoms with Gasteiger partial charge in [-0.3, -0.25) is 18.9 Å². The topological polar surface area (TPSA) is 131 Å². The van der Waals surface area contributed by atoms with E-state index in [1.807, 2.05) is 12.1 Å². The number of nitrogens with zero attached hydrogens (tertiary/aromatic N) is 2. The number of H-pyrrole nitrogens is 1. The number of ether oxygens (including phenoxy) is 2. The maximum Gasteiger partial charge on any atom is 0.354 e. The first-order valence-corrected chi connectivity index (χ1v) is 22.0. The monoisotopic (exact) mass is 727 g/mol. The molecule has 6 rings (SSSR count). The van der Waals surface area contributed by atoms with Crippen LogP contribution in [0.4, 0.5) is 0 Å². The molecule has 0 amide bonds. The van der Waals surface area contributed by atoms with Crippen molar-refractivity contribution in [2.75, 3.05) is 26.9 Å². The molecule has 0 saturated carbocycles. The van der Waals surface area contributed by atoms with Gasteiger partial charge in [-0.15, -0.1) is 0 Å². The number of hydrogen-bond acceptors (Lipinski definition) is 10. The summed E-state index contributed by atoms with van der Waals surface area (Å²) in [5.41, 5.74) is -1.21. The number of benzene rings is 2. The second-order valence-corrected chi connectivity index (χ2v) is 19.7. The molecule has 15 heteroatoms. The second-order valence-electron chi connectivity index (χ2n) is 12.2. The number of fused-ring (bicyclic) bond motifs is 1. The van der Waals surface area contributed by atoms with Gasteiger partial charge in [0.25, 0.3) is 5.56 Å². The van der Waals surface area contributed by atoms with E-state index in [-0.39, 0.29) is 36.9 Å². The molecule has 262 valence electrons. The molecular formula is C34H43N3O9P2Si. The van der Waals surface area contributed by atoms with Crippen LogP contribution in [0.3, 0.4) is 0 Å². The molecule has 0 spiro atoms. The second kappa shape index (κ2) is 15.4. The number of aromatic amines is 1. The number of nitrogens with one attached hydrogen (secondary N) is 1. The highest BCUT2D eigenvalue weighted by Gasteiger charge is 2.52. The average Bonchev–Trinajstić information content (AvgIpc) is 3.80. The van der Waals surface area contributed by atoms with Gasteiger partial charge in [0.2, 0.25) is 6.23 Å². The highest BCUT2D eigenvalue weighted by Crippen LogP contribution is 2.60. The normalized spacial score (nSPS) is 24.4. The molecule has 0 bridgehead atoms. The van der Waals surface area contributed by atoms with E-state index in [1.54, 1.807) is 13.8 Å². The van der Waals surface area contributed by atoms with E-state index in [1.165, 1.54) is 46.2 Å². The summed E-state index contributed by atoms with van der Waals surface area (Å²) in [6.45, 7) is 7.01. The summed E-state index contributed by atoms with van der Waals surface area (Å²) in [6.07, 6.45) is 2.80. The van der Waals surface area contributed by atoms with Crippen molar-refractivity contribution in [2.45, 2.75) is 63.8 Å². The van der Waals surface area contributed by atoms with Gasteiger partial charge in [-0.2, -0.15) is 0 Å². The Bertz CT molecular complexity index is 1770. The molecule has 0 aliphatic carbocycles. The highest BCUT2D eigenvalue weighted by molar-refractivity contribution is 7.57. The Kier molecular flexibility index (Phi) is 11.2. The van der Waals surface area contributed by atoms with Crippen LogP contribution in [-0.2, 0) is 32.1 Å². The number of allylic oxidation sites excluding steroid dienone is 1. The average molecular weight is 728 g/mol. The lowest BCUT2D eigenvalue weighted by Gasteiger charge is -2.32. The first-order valence-electron chi connectivity index (χ1n) is 16.5. The molecule has 1 aromatic heterocycles. The van der Waals surface area contributed by atoms with E-state index in [2.05, 4.69) is 64.7 Å². The lowest BCUT2D eigenvalue weighted by atomic mass is 10.1. The van der Waals surface area contributed by atoms with Gasteiger partial charge in [-0.25, -0.2) is 9.46 Å². The van der Waals surface area contributed by atoms with Gasteiger partial charge in [-0.05, 0) is 38.8 Å². The summed E-state index contributed by atoms with van der Waals surface area (Å²) < 4.78 is 53.6. The van der Waals surface area contributed by atoms with Gasteiger partial charge in [0.1, 0.15) is 8.07 Å². The Labute approximate surface area is 288 Å². The molecule has 3 aromatic rings. The zero-order chi connectivity index (χ0) is 34.6. The van der Waals surface area contributed by atoms with E-state index in [0.29, 0.717) is 0 Å². The van der Waals surface area contributed by atoms with Crippen molar-refractivity contribution in [3.05, 3.63) is 117 Å². The lowest BCUT2D eigenvalue weighted by Crippen LogP contribution is -2.58. The smallest absolute Gasteiger partial charge is 0.354 e. The Morgan fingerprint density at radius 2 is 1.67 bits per heavy atom. The molecule has 3 aliphatic rings. The van der Waals surface area contributed by atoms with Crippen LogP contribution in [-0.4, -0.2) is 67.4 Å². The van der Waals surface area contributed by atoms with E-state index in [4.69, 9.17) is 27.6 Å². The summed E-state index contributed by atoms with van der Waals surface area (Å²) >= 11 is 0. The van der Waals surface area contributed by atoms with Crippen molar-refractivity contribution in [1.82, 2.24) is 14.2 Å². The minimum Gasteiger partial charge on any atom is -0.463 e. The first kappa shape index (κ1) is 35.7. The van der Waals surface area contributed by atoms with Crippen molar-refractivity contribution in [3.63, 3.8) is 0 Å². The van der Waals surface area contributed by atoms with Crippen LogP contribution in [0.1, 0.15) is 32.9 Å². The number of hydrogen-bond donors (Lipinski definition) is 1. The fourth-order valence-electron chi connectivity index (χ4n) is 6.79. The van der Waals surface area contributed by atoms with Crippen LogP contribution < -0.4 is 21.6 Å². The molecule has 4 heterocycles. The first-order chi connectivity index (χ1) is 23.7. The predicted octanol–water partition coefficient (Wildman–Crippen LogP) is 5.07. The van der Waals surface area contributed by atoms with E-state index >= 15 is 0 Å². The van der Waals surface area contributed by atoms with Gasteiger partial charge in [0.05, 0.1) is 19.3 Å². The van der Waals surface area contributed by atoms with Crippen molar-refractivity contribution < 1.29 is 32.1 Å². The highest BCUT2D eigenvalue weighted by atomic mass is 31.2. The van der Waals surface area contributed by atoms with E-state index in [0.717, 1.165) is 25.4 Å². The largest absolute Gasteiger partial charge is 0.463 e. The third kappa shape index (κ3) is 7.50. The van der Waals surface area contributed by atoms with Gasteiger partial charge < -0.3 is 27.6 Å². The van der Waals surface area contributed by atoms with Crippen molar-refractivity contribution >= 4 is 34.6 Å². The number of aromatic nitrogens is 2. The molecule has 1 N–H and O–H groups in total. The number of methoxy groups -OCH3 is 1. The van der Waals surface area contributed by atoms with Crippen molar-refractivity contribution in [1.29, 1.82) is 0 Å². The predicted molar refractivity (Wildman–Crippen MR) is 190 cm³/mol. The minimum atomic E-state index is -3.62. The minimum absolute atomic E-state index is 0.0812. The zero-order valence-electron chi connectivity index (χ0n) is 28.1. The molecule has 1 unspecified atom stereocenters. The SMILES string of the molecule is CCOP(=O)(/C=C/C1=C(O[P@]2O[C@H](C[Si](C)(c3ccccc3)c3ccccc3)[C@@H]3CCCN32)C(OC)[C@H](n2ccc(=O)[nH]c2=O)O1)OCC. The molecule has 49 heavy (non-hydrogen) atoms. The van der Waals surface area contributed by atoms with Gasteiger partial charge in [-0.1, -0.05) is 77.6 Å². The quantitative estimate of drug-likeness (QED) is 0.178. The van der Waals surface area contributed by atoms with E-state index < -0.39 is 47.8 Å².